The van der Waals surface area contributed by atoms with Crippen LogP contribution in [0.4, 0.5) is 0 Å². The minimum Gasteiger partial charge on any atom is -0.389 e. The van der Waals surface area contributed by atoms with Crippen LogP contribution >= 0.6 is 7.14 Å². The minimum atomic E-state index is -2.23. The first-order valence-corrected chi connectivity index (χ1v) is 6.58. The summed E-state index contributed by atoms with van der Waals surface area (Å²) in [5, 5.41) is 8.76. The molecular formula is C8H19O2P. The van der Waals surface area contributed by atoms with E-state index in [1.807, 2.05) is 0 Å². The highest BCUT2D eigenvalue weighted by atomic mass is 31.2. The molecule has 0 amide bonds. The largest absolute Gasteiger partial charge is 0.389 e. The van der Waals surface area contributed by atoms with Gasteiger partial charge >= 0.3 is 0 Å². The van der Waals surface area contributed by atoms with Crippen LogP contribution in [0.25, 0.3) is 0 Å². The molecule has 0 heterocycles. The van der Waals surface area contributed by atoms with E-state index in [1.165, 1.54) is 0 Å². The lowest BCUT2D eigenvalue weighted by atomic mass is 10.0. The fourth-order valence-corrected chi connectivity index (χ4v) is 2.63. The van der Waals surface area contributed by atoms with Gasteiger partial charge in [0.05, 0.1) is 6.35 Å². The van der Waals surface area contributed by atoms with Gasteiger partial charge in [0.2, 0.25) is 0 Å². The predicted molar refractivity (Wildman–Crippen MR) is 49.5 cm³/mol. The lowest BCUT2D eigenvalue weighted by Gasteiger charge is -2.18. The predicted octanol–water partition coefficient (Wildman–Crippen LogP) is 2.22. The normalized spacial score (nSPS) is 19.8. The molecule has 1 unspecified atom stereocenters. The van der Waals surface area contributed by atoms with Crippen molar-refractivity contribution in [3.63, 3.8) is 0 Å². The van der Waals surface area contributed by atoms with Crippen LogP contribution in [-0.4, -0.2) is 24.3 Å². The molecule has 0 saturated heterocycles. The van der Waals surface area contributed by atoms with Crippen molar-refractivity contribution >= 4 is 7.14 Å². The smallest absolute Gasteiger partial charge is 0.109 e. The summed E-state index contributed by atoms with van der Waals surface area (Å²) in [6, 6.07) is 0. The fourth-order valence-electron chi connectivity index (χ4n) is 0.878. The van der Waals surface area contributed by atoms with Gasteiger partial charge in [0.25, 0.3) is 0 Å². The second-order valence-corrected chi connectivity index (χ2v) is 7.08. The Labute approximate surface area is 69.4 Å². The standard InChI is InChI=1S/C8H19O2P/c1-7(2)8(3)5-11(4,10)6-9/h7-9H,5-6H2,1-4H3/t8?,11-/m0/s1. The van der Waals surface area contributed by atoms with Gasteiger partial charge in [0.1, 0.15) is 7.14 Å². The maximum atomic E-state index is 11.4. The van der Waals surface area contributed by atoms with Crippen LogP contribution in [-0.2, 0) is 4.57 Å². The van der Waals surface area contributed by atoms with Crippen molar-refractivity contribution in [1.82, 2.24) is 0 Å². The summed E-state index contributed by atoms with van der Waals surface area (Å²) in [4.78, 5) is 0. The molecule has 0 radical (unpaired) electrons. The maximum absolute atomic E-state index is 11.4. The molecule has 11 heavy (non-hydrogen) atoms. The Kier molecular flexibility index (Phi) is 4.35. The van der Waals surface area contributed by atoms with Crippen molar-refractivity contribution in [2.75, 3.05) is 19.2 Å². The molecule has 0 aliphatic rings. The third kappa shape index (κ3) is 4.60. The third-order valence-corrected chi connectivity index (χ3v) is 4.06. The summed E-state index contributed by atoms with van der Waals surface area (Å²) in [6.07, 6.45) is 0.519. The van der Waals surface area contributed by atoms with Crippen LogP contribution in [0, 0.1) is 11.8 Å². The fraction of sp³-hybridized carbons (Fsp3) is 1.00. The SMILES string of the molecule is CC(C)C(C)C[P@](C)(=O)CO. The molecule has 0 spiro atoms. The van der Waals surface area contributed by atoms with Crippen molar-refractivity contribution in [1.29, 1.82) is 0 Å². The molecular weight excluding hydrogens is 159 g/mol. The molecule has 1 N–H and O–H groups in total. The summed E-state index contributed by atoms with van der Waals surface area (Å²) in [5.74, 6) is 0.993. The Hall–Kier alpha value is 0.190. The Bertz CT molecular complexity index is 154. The van der Waals surface area contributed by atoms with E-state index in [9.17, 15) is 4.57 Å². The molecule has 3 heteroatoms. The van der Waals surface area contributed by atoms with Gasteiger partial charge in [-0.2, -0.15) is 0 Å². The Morgan fingerprint density at radius 1 is 1.36 bits per heavy atom. The average molecular weight is 178 g/mol. The van der Waals surface area contributed by atoms with E-state index < -0.39 is 7.14 Å². The number of aliphatic hydroxyl groups is 1. The van der Waals surface area contributed by atoms with Crippen molar-refractivity contribution in [2.45, 2.75) is 20.8 Å². The highest BCUT2D eigenvalue weighted by Crippen LogP contribution is 2.42. The lowest BCUT2D eigenvalue weighted by molar-refractivity contribution is 0.354. The Morgan fingerprint density at radius 3 is 2.09 bits per heavy atom. The monoisotopic (exact) mass is 178 g/mol. The van der Waals surface area contributed by atoms with Crippen molar-refractivity contribution < 1.29 is 9.67 Å². The van der Waals surface area contributed by atoms with Crippen LogP contribution < -0.4 is 0 Å². The molecule has 68 valence electrons. The second kappa shape index (κ2) is 4.27. The van der Waals surface area contributed by atoms with Crippen molar-refractivity contribution in [3.05, 3.63) is 0 Å². The van der Waals surface area contributed by atoms with Crippen molar-refractivity contribution in [3.8, 4) is 0 Å². The van der Waals surface area contributed by atoms with Gasteiger partial charge < -0.3 is 9.67 Å². The molecule has 0 aromatic rings. The molecule has 2 atom stereocenters. The van der Waals surface area contributed by atoms with E-state index in [1.54, 1.807) is 6.66 Å². The summed E-state index contributed by atoms with van der Waals surface area (Å²) in [5.41, 5.74) is 0. The van der Waals surface area contributed by atoms with Gasteiger partial charge in [-0.3, -0.25) is 0 Å². The molecule has 0 aliphatic heterocycles. The Morgan fingerprint density at radius 2 is 1.82 bits per heavy atom. The van der Waals surface area contributed by atoms with Gasteiger partial charge in [-0.15, -0.1) is 0 Å². The van der Waals surface area contributed by atoms with Crippen molar-refractivity contribution in [2.24, 2.45) is 11.8 Å². The average Bonchev–Trinajstić information content (AvgIpc) is 1.87. The zero-order chi connectivity index (χ0) is 9.07. The highest BCUT2D eigenvalue weighted by Gasteiger charge is 2.19. The molecule has 0 aromatic heterocycles. The van der Waals surface area contributed by atoms with E-state index in [2.05, 4.69) is 20.8 Å². The first-order valence-electron chi connectivity index (χ1n) is 4.05. The minimum absolute atomic E-state index is 0.149. The van der Waals surface area contributed by atoms with Crippen LogP contribution in [0.15, 0.2) is 0 Å². The van der Waals surface area contributed by atoms with E-state index in [-0.39, 0.29) is 6.35 Å². The number of hydrogen-bond acceptors (Lipinski definition) is 2. The molecule has 0 aliphatic carbocycles. The zero-order valence-corrected chi connectivity index (χ0v) is 8.77. The third-order valence-electron chi connectivity index (χ3n) is 2.11. The molecule has 0 saturated carbocycles. The molecule has 0 bridgehead atoms. The first-order chi connectivity index (χ1) is 4.89. The molecule has 0 aromatic carbocycles. The van der Waals surface area contributed by atoms with E-state index in [4.69, 9.17) is 5.11 Å². The summed E-state index contributed by atoms with van der Waals surface area (Å²) in [7, 11) is -2.23. The van der Waals surface area contributed by atoms with E-state index in [0.29, 0.717) is 18.0 Å². The van der Waals surface area contributed by atoms with Crippen LogP contribution in [0.3, 0.4) is 0 Å². The highest BCUT2D eigenvalue weighted by molar-refractivity contribution is 7.62. The second-order valence-electron chi connectivity index (χ2n) is 3.84. The lowest BCUT2D eigenvalue weighted by Crippen LogP contribution is -2.10. The van der Waals surface area contributed by atoms with E-state index >= 15 is 0 Å². The van der Waals surface area contributed by atoms with Gasteiger partial charge in [0.15, 0.2) is 0 Å². The van der Waals surface area contributed by atoms with Gasteiger partial charge in [-0.25, -0.2) is 0 Å². The van der Waals surface area contributed by atoms with Crippen LogP contribution in [0.5, 0.6) is 0 Å². The zero-order valence-electron chi connectivity index (χ0n) is 7.87. The van der Waals surface area contributed by atoms with Crippen LogP contribution in [0.1, 0.15) is 20.8 Å². The number of hydrogen-bond donors (Lipinski definition) is 1. The Balaban J connectivity index is 3.94. The van der Waals surface area contributed by atoms with Gasteiger partial charge in [0, 0.05) is 6.16 Å². The van der Waals surface area contributed by atoms with Crippen LogP contribution in [0.2, 0.25) is 0 Å². The maximum Gasteiger partial charge on any atom is 0.109 e. The van der Waals surface area contributed by atoms with Gasteiger partial charge in [-0.05, 0) is 18.5 Å². The number of rotatable bonds is 4. The molecule has 0 rings (SSSR count). The molecule has 0 fully saturated rings. The first kappa shape index (κ1) is 11.2. The quantitative estimate of drug-likeness (QED) is 0.670. The molecule has 2 nitrogen and oxygen atoms in total. The summed E-state index contributed by atoms with van der Waals surface area (Å²) in [6.45, 7) is 7.98. The topological polar surface area (TPSA) is 37.3 Å². The summed E-state index contributed by atoms with van der Waals surface area (Å²) >= 11 is 0. The summed E-state index contributed by atoms with van der Waals surface area (Å²) < 4.78 is 11.4. The van der Waals surface area contributed by atoms with Gasteiger partial charge in [-0.1, -0.05) is 20.8 Å². The number of aliphatic hydroxyl groups excluding tert-OH is 1. The van der Waals surface area contributed by atoms with E-state index in [0.717, 1.165) is 0 Å².